The predicted octanol–water partition coefficient (Wildman–Crippen LogP) is 1.62. The molecular formula is C13H28N2O. The lowest BCUT2D eigenvalue weighted by Gasteiger charge is -2.41. The molecule has 1 saturated heterocycles. The monoisotopic (exact) mass is 228 g/mol. The molecule has 0 aromatic carbocycles. The fraction of sp³-hybridized carbons (Fsp3) is 1.00. The zero-order valence-corrected chi connectivity index (χ0v) is 11.3. The van der Waals surface area contributed by atoms with Crippen molar-refractivity contribution in [2.45, 2.75) is 34.1 Å². The second-order valence-corrected chi connectivity index (χ2v) is 6.56. The first-order valence-corrected chi connectivity index (χ1v) is 6.38. The maximum absolute atomic E-state index is 5.78. The first-order valence-electron chi connectivity index (χ1n) is 6.38. The van der Waals surface area contributed by atoms with Crippen LogP contribution in [0, 0.1) is 16.7 Å². The van der Waals surface area contributed by atoms with Gasteiger partial charge in [-0.25, -0.2) is 0 Å². The molecule has 0 amide bonds. The van der Waals surface area contributed by atoms with Crippen molar-refractivity contribution in [3.05, 3.63) is 0 Å². The van der Waals surface area contributed by atoms with Gasteiger partial charge in [0.05, 0.1) is 13.2 Å². The van der Waals surface area contributed by atoms with Crippen molar-refractivity contribution < 1.29 is 4.74 Å². The predicted molar refractivity (Wildman–Crippen MR) is 68.4 cm³/mol. The van der Waals surface area contributed by atoms with Crippen molar-refractivity contribution in [2.75, 3.05) is 32.8 Å². The number of nitrogens with two attached hydrogens (primary N) is 1. The molecule has 0 aliphatic carbocycles. The van der Waals surface area contributed by atoms with Crippen molar-refractivity contribution in [3.8, 4) is 0 Å². The molecule has 1 aliphatic heterocycles. The fourth-order valence-corrected chi connectivity index (χ4v) is 2.53. The molecule has 0 unspecified atom stereocenters. The average molecular weight is 228 g/mol. The molecular weight excluding hydrogens is 200 g/mol. The summed E-state index contributed by atoms with van der Waals surface area (Å²) in [5.74, 6) is 0.757. The molecule has 1 aliphatic rings. The SMILES string of the molecule is CC(C)CC(C)(C)CNCC1(CN)COC1. The van der Waals surface area contributed by atoms with Crippen molar-refractivity contribution in [2.24, 2.45) is 22.5 Å². The fourth-order valence-electron chi connectivity index (χ4n) is 2.53. The topological polar surface area (TPSA) is 47.3 Å². The van der Waals surface area contributed by atoms with Gasteiger partial charge in [-0.3, -0.25) is 0 Å². The normalized spacial score (nSPS) is 19.9. The number of ether oxygens (including phenoxy) is 1. The van der Waals surface area contributed by atoms with Gasteiger partial charge in [-0.05, 0) is 17.8 Å². The standard InChI is InChI=1S/C13H28N2O/c1-11(2)5-12(3,4)7-15-8-13(6-14)9-16-10-13/h11,15H,5-10,14H2,1-4H3. The lowest BCUT2D eigenvalue weighted by atomic mass is 9.82. The van der Waals surface area contributed by atoms with Crippen LogP contribution in [0.25, 0.3) is 0 Å². The van der Waals surface area contributed by atoms with Crippen molar-refractivity contribution in [1.82, 2.24) is 5.32 Å². The summed E-state index contributed by atoms with van der Waals surface area (Å²) in [5.41, 5.74) is 6.37. The number of hydrogen-bond acceptors (Lipinski definition) is 3. The van der Waals surface area contributed by atoms with Gasteiger partial charge in [0.25, 0.3) is 0 Å². The Balaban J connectivity index is 2.23. The van der Waals surface area contributed by atoms with Crippen LogP contribution in [0.5, 0.6) is 0 Å². The van der Waals surface area contributed by atoms with Gasteiger partial charge >= 0.3 is 0 Å². The Morgan fingerprint density at radius 3 is 2.38 bits per heavy atom. The Morgan fingerprint density at radius 1 is 1.38 bits per heavy atom. The van der Waals surface area contributed by atoms with E-state index in [1.165, 1.54) is 6.42 Å². The molecule has 3 heteroatoms. The van der Waals surface area contributed by atoms with Crippen molar-refractivity contribution in [1.29, 1.82) is 0 Å². The van der Waals surface area contributed by atoms with Crippen LogP contribution in [0.15, 0.2) is 0 Å². The highest BCUT2D eigenvalue weighted by Crippen LogP contribution is 2.27. The molecule has 1 fully saturated rings. The molecule has 0 radical (unpaired) electrons. The first-order chi connectivity index (χ1) is 7.39. The van der Waals surface area contributed by atoms with E-state index < -0.39 is 0 Å². The summed E-state index contributed by atoms with van der Waals surface area (Å²) in [4.78, 5) is 0. The molecule has 0 atom stereocenters. The van der Waals surface area contributed by atoms with E-state index in [2.05, 4.69) is 33.0 Å². The number of rotatable bonds is 7. The van der Waals surface area contributed by atoms with Gasteiger partial charge in [0.15, 0.2) is 0 Å². The van der Waals surface area contributed by atoms with Crippen LogP contribution >= 0.6 is 0 Å². The minimum absolute atomic E-state index is 0.216. The van der Waals surface area contributed by atoms with E-state index in [0.717, 1.165) is 38.8 Å². The van der Waals surface area contributed by atoms with Gasteiger partial charge in [-0.2, -0.15) is 0 Å². The largest absolute Gasteiger partial charge is 0.380 e. The summed E-state index contributed by atoms with van der Waals surface area (Å²) in [5, 5.41) is 3.56. The van der Waals surface area contributed by atoms with E-state index in [0.29, 0.717) is 5.41 Å². The Hall–Kier alpha value is -0.120. The molecule has 0 saturated carbocycles. The van der Waals surface area contributed by atoms with Crippen molar-refractivity contribution in [3.63, 3.8) is 0 Å². The summed E-state index contributed by atoms with van der Waals surface area (Å²) in [6.07, 6.45) is 1.26. The maximum atomic E-state index is 5.78. The quantitative estimate of drug-likeness (QED) is 0.696. The third kappa shape index (κ3) is 4.04. The first kappa shape index (κ1) is 13.9. The molecule has 16 heavy (non-hydrogen) atoms. The Kier molecular flexibility index (Phi) is 4.77. The maximum Gasteiger partial charge on any atom is 0.0569 e. The molecule has 0 aromatic rings. The van der Waals surface area contributed by atoms with Crippen LogP contribution in [0.4, 0.5) is 0 Å². The smallest absolute Gasteiger partial charge is 0.0569 e. The van der Waals surface area contributed by atoms with E-state index in [4.69, 9.17) is 10.5 Å². The van der Waals surface area contributed by atoms with Gasteiger partial charge in [0, 0.05) is 25.0 Å². The molecule has 0 aromatic heterocycles. The molecule has 0 bridgehead atoms. The second kappa shape index (κ2) is 5.48. The van der Waals surface area contributed by atoms with Crippen LogP contribution in [0.1, 0.15) is 34.1 Å². The Morgan fingerprint density at radius 2 is 2.00 bits per heavy atom. The molecule has 1 rings (SSSR count). The zero-order chi connectivity index (χ0) is 12.2. The van der Waals surface area contributed by atoms with E-state index >= 15 is 0 Å². The second-order valence-electron chi connectivity index (χ2n) is 6.56. The minimum atomic E-state index is 0.216. The summed E-state index contributed by atoms with van der Waals surface area (Å²) in [6, 6.07) is 0. The summed E-state index contributed by atoms with van der Waals surface area (Å²) >= 11 is 0. The van der Waals surface area contributed by atoms with Crippen molar-refractivity contribution >= 4 is 0 Å². The zero-order valence-electron chi connectivity index (χ0n) is 11.3. The third-order valence-corrected chi connectivity index (χ3v) is 3.31. The van der Waals surface area contributed by atoms with E-state index in [1.54, 1.807) is 0 Å². The van der Waals surface area contributed by atoms with Crippen LogP contribution in [-0.4, -0.2) is 32.8 Å². The summed E-state index contributed by atoms with van der Waals surface area (Å²) < 4.78 is 5.26. The van der Waals surface area contributed by atoms with Gasteiger partial charge in [-0.15, -0.1) is 0 Å². The lowest BCUT2D eigenvalue weighted by Crippen LogP contribution is -2.55. The molecule has 0 spiro atoms. The highest BCUT2D eigenvalue weighted by atomic mass is 16.5. The Labute approximate surface area is 100 Å². The lowest BCUT2D eigenvalue weighted by molar-refractivity contribution is -0.105. The molecule has 96 valence electrons. The summed E-state index contributed by atoms with van der Waals surface area (Å²) in [7, 11) is 0. The number of nitrogens with one attached hydrogen (secondary N) is 1. The van der Waals surface area contributed by atoms with Crippen LogP contribution in [0.3, 0.4) is 0 Å². The van der Waals surface area contributed by atoms with E-state index in [-0.39, 0.29) is 5.41 Å². The van der Waals surface area contributed by atoms with Crippen LogP contribution in [-0.2, 0) is 4.74 Å². The highest BCUT2D eigenvalue weighted by molar-refractivity contribution is 4.89. The average Bonchev–Trinajstić information content (AvgIpc) is 2.07. The molecule has 3 N–H and O–H groups in total. The van der Waals surface area contributed by atoms with Gasteiger partial charge in [-0.1, -0.05) is 27.7 Å². The number of hydrogen-bond donors (Lipinski definition) is 2. The van der Waals surface area contributed by atoms with Gasteiger partial charge < -0.3 is 15.8 Å². The highest BCUT2D eigenvalue weighted by Gasteiger charge is 2.37. The van der Waals surface area contributed by atoms with Crippen LogP contribution in [0.2, 0.25) is 0 Å². The van der Waals surface area contributed by atoms with Gasteiger partial charge in [0.2, 0.25) is 0 Å². The molecule has 3 nitrogen and oxygen atoms in total. The Bertz CT molecular complexity index is 204. The third-order valence-electron chi connectivity index (χ3n) is 3.31. The van der Waals surface area contributed by atoms with Gasteiger partial charge in [0.1, 0.15) is 0 Å². The molecule has 1 heterocycles. The van der Waals surface area contributed by atoms with E-state index in [9.17, 15) is 0 Å². The van der Waals surface area contributed by atoms with Crippen LogP contribution < -0.4 is 11.1 Å². The van der Waals surface area contributed by atoms with E-state index in [1.807, 2.05) is 0 Å². The summed E-state index contributed by atoms with van der Waals surface area (Å²) in [6.45, 7) is 13.6. The minimum Gasteiger partial charge on any atom is -0.380 e.